The van der Waals surface area contributed by atoms with Crippen LogP contribution in [0.2, 0.25) is 0 Å². The number of rotatable bonds is 0. The second-order valence-electron chi connectivity index (χ2n) is 3.93. The molecule has 5 heteroatoms. The van der Waals surface area contributed by atoms with E-state index in [0.717, 1.165) is 15.5 Å². The first-order chi connectivity index (χ1) is 8.06. The highest BCUT2D eigenvalue weighted by Gasteiger charge is 2.12. The maximum absolute atomic E-state index is 9.79. The zero-order valence-corrected chi connectivity index (χ0v) is 9.58. The lowest BCUT2D eigenvalue weighted by Crippen LogP contribution is -1.89. The molecule has 4 nitrogen and oxygen atoms in total. The van der Waals surface area contributed by atoms with Crippen LogP contribution in [0.25, 0.3) is 20.2 Å². The molecule has 17 heavy (non-hydrogen) atoms. The van der Waals surface area contributed by atoms with Gasteiger partial charge in [0.1, 0.15) is 11.5 Å². The quantitative estimate of drug-likeness (QED) is 0.459. The van der Waals surface area contributed by atoms with E-state index in [1.807, 2.05) is 0 Å². The largest absolute Gasteiger partial charge is 0.508 e. The smallest absolute Gasteiger partial charge is 0.137 e. The van der Waals surface area contributed by atoms with E-state index in [1.165, 1.54) is 17.4 Å². The molecule has 0 aliphatic carbocycles. The number of nitrogen functional groups attached to an aromatic ring is 2. The Morgan fingerprint density at radius 1 is 0.882 bits per heavy atom. The van der Waals surface area contributed by atoms with Gasteiger partial charge in [0.25, 0.3) is 0 Å². The summed E-state index contributed by atoms with van der Waals surface area (Å²) in [5, 5.41) is 20.9. The van der Waals surface area contributed by atoms with Crippen LogP contribution < -0.4 is 11.5 Å². The van der Waals surface area contributed by atoms with Gasteiger partial charge in [-0.3, -0.25) is 0 Å². The standard InChI is InChI=1S/C12H10N2O2S/c13-5-1-7-8-3-6(15)4-10(16)12(8)17-11(7)9(14)2-5/h1-4,15-16H,13-14H2. The first kappa shape index (κ1) is 10.0. The SMILES string of the molecule is Nc1cc(N)c2sc3c(O)cc(O)cc3c2c1. The predicted molar refractivity (Wildman–Crippen MR) is 71.5 cm³/mol. The summed E-state index contributed by atoms with van der Waals surface area (Å²) in [6, 6.07) is 6.40. The van der Waals surface area contributed by atoms with Crippen LogP contribution in [0.5, 0.6) is 11.5 Å². The molecule has 0 radical (unpaired) electrons. The number of nitrogens with two attached hydrogens (primary N) is 2. The van der Waals surface area contributed by atoms with Crippen LogP contribution in [0.1, 0.15) is 0 Å². The van der Waals surface area contributed by atoms with Gasteiger partial charge in [-0.05, 0) is 18.2 Å². The van der Waals surface area contributed by atoms with Crippen molar-refractivity contribution in [1.82, 2.24) is 0 Å². The first-order valence-electron chi connectivity index (χ1n) is 4.99. The maximum atomic E-state index is 9.79. The average Bonchev–Trinajstić information content (AvgIpc) is 2.58. The van der Waals surface area contributed by atoms with Gasteiger partial charge in [0.2, 0.25) is 0 Å². The molecule has 0 aliphatic rings. The molecule has 1 aromatic heterocycles. The van der Waals surface area contributed by atoms with Gasteiger partial charge in [-0.2, -0.15) is 0 Å². The summed E-state index contributed by atoms with van der Waals surface area (Å²) in [6.45, 7) is 0. The molecular formula is C12H10N2O2S. The number of aromatic hydroxyl groups is 2. The third kappa shape index (κ3) is 1.36. The minimum Gasteiger partial charge on any atom is -0.508 e. The molecule has 6 N–H and O–H groups in total. The Morgan fingerprint density at radius 3 is 2.35 bits per heavy atom. The van der Waals surface area contributed by atoms with Crippen LogP contribution in [-0.4, -0.2) is 10.2 Å². The Labute approximate surface area is 101 Å². The van der Waals surface area contributed by atoms with Crippen molar-refractivity contribution in [1.29, 1.82) is 0 Å². The van der Waals surface area contributed by atoms with Gasteiger partial charge in [-0.15, -0.1) is 11.3 Å². The number of phenolic OH excluding ortho intramolecular Hbond substituents is 2. The van der Waals surface area contributed by atoms with Crippen molar-refractivity contribution in [3.63, 3.8) is 0 Å². The monoisotopic (exact) mass is 246 g/mol. The molecule has 0 atom stereocenters. The normalized spacial score (nSPS) is 11.3. The Kier molecular flexibility index (Phi) is 1.88. The topological polar surface area (TPSA) is 92.5 Å². The molecular weight excluding hydrogens is 236 g/mol. The fourth-order valence-corrected chi connectivity index (χ4v) is 3.10. The lowest BCUT2D eigenvalue weighted by Gasteiger charge is -1.99. The summed E-state index contributed by atoms with van der Waals surface area (Å²) in [5.74, 6) is 0.0786. The molecule has 0 aliphatic heterocycles. The molecule has 3 rings (SSSR count). The van der Waals surface area contributed by atoms with Crippen molar-refractivity contribution in [2.75, 3.05) is 11.5 Å². The van der Waals surface area contributed by atoms with Gasteiger partial charge in [0, 0.05) is 22.5 Å². The minimum absolute atomic E-state index is 0.0238. The number of thiophene rings is 1. The number of hydrogen-bond acceptors (Lipinski definition) is 5. The van der Waals surface area contributed by atoms with Crippen LogP contribution in [0.4, 0.5) is 11.4 Å². The Bertz CT molecular complexity index is 687. The summed E-state index contributed by atoms with van der Waals surface area (Å²) < 4.78 is 1.57. The number of anilines is 2. The maximum Gasteiger partial charge on any atom is 0.137 e. The van der Waals surface area contributed by atoms with E-state index in [1.54, 1.807) is 18.2 Å². The van der Waals surface area contributed by atoms with Crippen LogP contribution in [0.3, 0.4) is 0 Å². The van der Waals surface area contributed by atoms with Crippen molar-refractivity contribution in [3.8, 4) is 11.5 Å². The lowest BCUT2D eigenvalue weighted by molar-refractivity contribution is 0.455. The van der Waals surface area contributed by atoms with Crippen molar-refractivity contribution in [3.05, 3.63) is 24.3 Å². The van der Waals surface area contributed by atoms with E-state index >= 15 is 0 Å². The highest BCUT2D eigenvalue weighted by Crippen LogP contribution is 2.43. The van der Waals surface area contributed by atoms with Crippen LogP contribution in [-0.2, 0) is 0 Å². The molecule has 0 saturated carbocycles. The van der Waals surface area contributed by atoms with Gasteiger partial charge in [0.05, 0.1) is 15.1 Å². The number of hydrogen-bond donors (Lipinski definition) is 4. The van der Waals surface area contributed by atoms with Gasteiger partial charge in [0.15, 0.2) is 0 Å². The molecule has 2 aromatic carbocycles. The number of fused-ring (bicyclic) bond motifs is 3. The molecule has 0 saturated heterocycles. The molecule has 1 heterocycles. The molecule has 0 bridgehead atoms. The van der Waals surface area contributed by atoms with E-state index in [4.69, 9.17) is 11.5 Å². The number of phenols is 2. The zero-order valence-electron chi connectivity index (χ0n) is 8.77. The third-order valence-corrected chi connectivity index (χ3v) is 3.98. The summed E-state index contributed by atoms with van der Waals surface area (Å²) in [7, 11) is 0. The van der Waals surface area contributed by atoms with Crippen LogP contribution in [0.15, 0.2) is 24.3 Å². The van der Waals surface area contributed by atoms with Gasteiger partial charge in [-0.1, -0.05) is 0 Å². The molecule has 0 amide bonds. The summed E-state index contributed by atoms with van der Waals surface area (Å²) in [5.41, 5.74) is 12.8. The van der Waals surface area contributed by atoms with Gasteiger partial charge >= 0.3 is 0 Å². The molecule has 0 spiro atoms. The molecule has 3 aromatic rings. The van der Waals surface area contributed by atoms with Gasteiger partial charge in [-0.25, -0.2) is 0 Å². The highest BCUT2D eigenvalue weighted by molar-refractivity contribution is 7.26. The first-order valence-corrected chi connectivity index (χ1v) is 5.81. The highest BCUT2D eigenvalue weighted by atomic mass is 32.1. The van der Waals surface area contributed by atoms with Crippen molar-refractivity contribution in [2.45, 2.75) is 0 Å². The second-order valence-corrected chi connectivity index (χ2v) is 4.95. The van der Waals surface area contributed by atoms with E-state index in [2.05, 4.69) is 0 Å². The average molecular weight is 246 g/mol. The van der Waals surface area contributed by atoms with E-state index in [0.29, 0.717) is 16.1 Å². The van der Waals surface area contributed by atoms with Crippen LogP contribution >= 0.6 is 11.3 Å². The van der Waals surface area contributed by atoms with Crippen molar-refractivity contribution >= 4 is 42.9 Å². The second kappa shape index (κ2) is 3.18. The Hall–Kier alpha value is -2.14. The third-order valence-electron chi connectivity index (χ3n) is 2.69. The van der Waals surface area contributed by atoms with Crippen LogP contribution in [0, 0.1) is 0 Å². The van der Waals surface area contributed by atoms with E-state index in [-0.39, 0.29) is 11.5 Å². The molecule has 0 unspecified atom stereocenters. The zero-order chi connectivity index (χ0) is 12.2. The number of benzene rings is 2. The fourth-order valence-electron chi connectivity index (χ4n) is 2.00. The minimum atomic E-state index is 0.0238. The van der Waals surface area contributed by atoms with Gasteiger partial charge < -0.3 is 21.7 Å². The lowest BCUT2D eigenvalue weighted by atomic mass is 10.1. The molecule has 86 valence electrons. The Morgan fingerprint density at radius 2 is 1.59 bits per heavy atom. The molecule has 0 fully saturated rings. The summed E-state index contributed by atoms with van der Waals surface area (Å²) in [4.78, 5) is 0. The van der Waals surface area contributed by atoms with Crippen molar-refractivity contribution < 1.29 is 10.2 Å². The van der Waals surface area contributed by atoms with E-state index in [9.17, 15) is 10.2 Å². The fraction of sp³-hybridized carbons (Fsp3) is 0. The van der Waals surface area contributed by atoms with E-state index < -0.39 is 0 Å². The summed E-state index contributed by atoms with van der Waals surface area (Å²) in [6.07, 6.45) is 0. The summed E-state index contributed by atoms with van der Waals surface area (Å²) >= 11 is 1.39. The van der Waals surface area contributed by atoms with Crippen molar-refractivity contribution in [2.24, 2.45) is 0 Å². The predicted octanol–water partition coefficient (Wildman–Crippen LogP) is 2.63. The Balaban J connectivity index is 2.60.